The van der Waals surface area contributed by atoms with Crippen molar-refractivity contribution in [2.75, 3.05) is 13.1 Å². The number of nitrogens with one attached hydrogen (secondary N) is 1. The Kier molecular flexibility index (Phi) is 6.86. The summed E-state index contributed by atoms with van der Waals surface area (Å²) >= 11 is 0. The summed E-state index contributed by atoms with van der Waals surface area (Å²) in [5.41, 5.74) is -0.304. The molecule has 3 aromatic rings. The van der Waals surface area contributed by atoms with Crippen LogP contribution in [0.5, 0.6) is 11.6 Å². The molecular weight excluding hydrogens is 435 g/mol. The van der Waals surface area contributed by atoms with E-state index in [1.54, 1.807) is 31.1 Å². The van der Waals surface area contributed by atoms with Crippen molar-refractivity contribution in [3.8, 4) is 11.6 Å². The van der Waals surface area contributed by atoms with Crippen LogP contribution >= 0.6 is 0 Å². The van der Waals surface area contributed by atoms with E-state index in [9.17, 15) is 14.0 Å². The van der Waals surface area contributed by atoms with Gasteiger partial charge in [0.05, 0.1) is 0 Å². The number of likely N-dealkylation sites (tertiary alicyclic amines) is 1. The predicted molar refractivity (Wildman–Crippen MR) is 125 cm³/mol. The average molecular weight is 463 g/mol. The lowest BCUT2D eigenvalue weighted by atomic mass is 9.92. The van der Waals surface area contributed by atoms with Crippen LogP contribution in [0.25, 0.3) is 0 Å². The summed E-state index contributed by atoms with van der Waals surface area (Å²) in [5.74, 6) is -0.191. The third-order valence-electron chi connectivity index (χ3n) is 5.79. The first kappa shape index (κ1) is 23.4. The number of aromatic nitrogens is 2. The number of hydrogen-bond donors (Lipinski definition) is 1. The van der Waals surface area contributed by atoms with Crippen molar-refractivity contribution in [2.24, 2.45) is 0 Å². The van der Waals surface area contributed by atoms with Crippen LogP contribution in [0.2, 0.25) is 0 Å². The zero-order chi connectivity index (χ0) is 24.1. The number of benzene rings is 2. The lowest BCUT2D eigenvalue weighted by Gasteiger charge is -2.37. The molecule has 34 heavy (non-hydrogen) atoms. The molecule has 176 valence electrons. The second-order valence-corrected chi connectivity index (χ2v) is 8.84. The zero-order valence-corrected chi connectivity index (χ0v) is 19.2. The molecule has 2 heterocycles. The summed E-state index contributed by atoms with van der Waals surface area (Å²) in [6.07, 6.45) is 4.82. The van der Waals surface area contributed by atoms with Gasteiger partial charge in [0.25, 0.3) is 5.91 Å². The van der Waals surface area contributed by atoms with E-state index in [1.165, 1.54) is 18.2 Å². The first-order valence-corrected chi connectivity index (χ1v) is 11.2. The van der Waals surface area contributed by atoms with Gasteiger partial charge in [0.2, 0.25) is 11.8 Å². The summed E-state index contributed by atoms with van der Waals surface area (Å²) in [5, 5.41) is 2.75. The van der Waals surface area contributed by atoms with Crippen LogP contribution in [0.3, 0.4) is 0 Å². The van der Waals surface area contributed by atoms with Crippen LogP contribution in [-0.2, 0) is 4.79 Å². The topological polar surface area (TPSA) is 84.4 Å². The normalized spacial score (nSPS) is 16.1. The number of hydrogen-bond acceptors (Lipinski definition) is 5. The van der Waals surface area contributed by atoms with Crippen LogP contribution in [0.15, 0.2) is 67.0 Å². The van der Waals surface area contributed by atoms with Gasteiger partial charge < -0.3 is 15.0 Å². The maximum absolute atomic E-state index is 13.5. The third-order valence-corrected chi connectivity index (χ3v) is 5.79. The van der Waals surface area contributed by atoms with Crippen molar-refractivity contribution >= 4 is 11.8 Å². The molecule has 0 aliphatic carbocycles. The molecule has 0 spiro atoms. The number of carbonyl (C=O) groups excluding carboxylic acids is 2. The van der Waals surface area contributed by atoms with E-state index in [0.29, 0.717) is 30.4 Å². The molecule has 2 amide bonds. The highest BCUT2D eigenvalue weighted by atomic mass is 19.1. The quantitative estimate of drug-likeness (QED) is 0.590. The number of piperidine rings is 1. The summed E-state index contributed by atoms with van der Waals surface area (Å²) in [7, 11) is 0. The number of halogens is 1. The fourth-order valence-corrected chi connectivity index (χ4v) is 4.11. The molecule has 0 bridgehead atoms. The van der Waals surface area contributed by atoms with Gasteiger partial charge in [-0.15, -0.1) is 0 Å². The predicted octanol–water partition coefficient (Wildman–Crippen LogP) is 4.32. The molecular formula is C26H27FN4O3. The molecule has 1 atom stereocenters. The van der Waals surface area contributed by atoms with Crippen LogP contribution < -0.4 is 10.1 Å². The van der Waals surface area contributed by atoms with Crippen molar-refractivity contribution in [1.29, 1.82) is 0 Å². The molecule has 0 saturated carbocycles. The number of para-hydroxylation sites is 1. The van der Waals surface area contributed by atoms with Crippen molar-refractivity contribution in [2.45, 2.75) is 38.1 Å². The molecule has 7 nitrogen and oxygen atoms in total. The molecule has 1 aliphatic rings. The highest BCUT2D eigenvalue weighted by Crippen LogP contribution is 2.33. The van der Waals surface area contributed by atoms with E-state index in [-0.39, 0.29) is 17.4 Å². The van der Waals surface area contributed by atoms with Crippen molar-refractivity contribution in [3.63, 3.8) is 0 Å². The maximum atomic E-state index is 13.5. The number of rotatable bonds is 6. The van der Waals surface area contributed by atoms with E-state index in [0.717, 1.165) is 18.9 Å². The SMILES string of the molecule is CC(C)(NC(=O)c1cccc(F)c1)C(=O)N1CCC[C@@H](c2nccnc2Oc2ccccc2)C1. The molecule has 1 fully saturated rings. The molecule has 1 saturated heterocycles. The zero-order valence-electron chi connectivity index (χ0n) is 19.2. The molecule has 2 aromatic carbocycles. The average Bonchev–Trinajstić information content (AvgIpc) is 2.84. The van der Waals surface area contributed by atoms with E-state index >= 15 is 0 Å². The fourth-order valence-electron chi connectivity index (χ4n) is 4.11. The van der Waals surface area contributed by atoms with Gasteiger partial charge in [-0.25, -0.2) is 9.37 Å². The standard InChI is InChI=1S/C26H27FN4O3/c1-26(2,30-23(32)18-8-6-10-20(27)16-18)25(33)31-15-7-9-19(17-31)22-24(29-14-13-28-22)34-21-11-4-3-5-12-21/h3-6,8,10-14,16,19H,7,9,15,17H2,1-2H3,(H,30,32)/t19-/m1/s1. The lowest BCUT2D eigenvalue weighted by molar-refractivity contribution is -0.138. The van der Waals surface area contributed by atoms with Gasteiger partial charge in [0.15, 0.2) is 0 Å². The second kappa shape index (κ2) is 9.99. The highest BCUT2D eigenvalue weighted by molar-refractivity contribution is 5.99. The Morgan fingerprint density at radius 1 is 1.09 bits per heavy atom. The fraction of sp³-hybridized carbons (Fsp3) is 0.308. The minimum absolute atomic E-state index is 0.0557. The summed E-state index contributed by atoms with van der Waals surface area (Å²) in [6, 6.07) is 14.8. The molecule has 1 N–H and O–H groups in total. The lowest BCUT2D eigenvalue weighted by Crippen LogP contribution is -2.57. The third kappa shape index (κ3) is 5.39. The number of nitrogens with zero attached hydrogens (tertiary/aromatic N) is 3. The van der Waals surface area contributed by atoms with Crippen LogP contribution in [0.4, 0.5) is 4.39 Å². The van der Waals surface area contributed by atoms with Gasteiger partial charge in [-0.3, -0.25) is 14.6 Å². The Morgan fingerprint density at radius 2 is 1.85 bits per heavy atom. The molecule has 0 unspecified atom stereocenters. The van der Waals surface area contributed by atoms with Gasteiger partial charge in [-0.05, 0) is 57.0 Å². The van der Waals surface area contributed by atoms with E-state index in [4.69, 9.17) is 4.74 Å². The van der Waals surface area contributed by atoms with Gasteiger partial charge in [0, 0.05) is 37.0 Å². The van der Waals surface area contributed by atoms with E-state index in [1.807, 2.05) is 30.3 Å². The van der Waals surface area contributed by atoms with Crippen molar-refractivity contribution in [1.82, 2.24) is 20.2 Å². The Balaban J connectivity index is 1.47. The Morgan fingerprint density at radius 3 is 2.62 bits per heavy atom. The second-order valence-electron chi connectivity index (χ2n) is 8.84. The van der Waals surface area contributed by atoms with Gasteiger partial charge in [-0.2, -0.15) is 0 Å². The first-order valence-electron chi connectivity index (χ1n) is 11.2. The monoisotopic (exact) mass is 462 g/mol. The van der Waals surface area contributed by atoms with Gasteiger partial charge in [0.1, 0.15) is 22.8 Å². The largest absolute Gasteiger partial charge is 0.437 e. The molecule has 1 aromatic heterocycles. The maximum Gasteiger partial charge on any atom is 0.252 e. The minimum atomic E-state index is -1.17. The first-order chi connectivity index (χ1) is 16.3. The molecule has 4 rings (SSSR count). The number of carbonyl (C=O) groups is 2. The van der Waals surface area contributed by atoms with Crippen molar-refractivity contribution in [3.05, 3.63) is 84.1 Å². The van der Waals surface area contributed by atoms with Gasteiger partial charge in [-0.1, -0.05) is 24.3 Å². The number of amides is 2. The summed E-state index contributed by atoms with van der Waals surface area (Å²) in [6.45, 7) is 4.32. The number of ether oxygens (including phenoxy) is 1. The Labute approximate surface area is 198 Å². The summed E-state index contributed by atoms with van der Waals surface area (Å²) in [4.78, 5) is 36.6. The Bertz CT molecular complexity index is 1170. The van der Waals surface area contributed by atoms with E-state index < -0.39 is 17.3 Å². The van der Waals surface area contributed by atoms with E-state index in [2.05, 4.69) is 15.3 Å². The van der Waals surface area contributed by atoms with Crippen LogP contribution in [-0.4, -0.2) is 45.3 Å². The molecule has 0 radical (unpaired) electrons. The minimum Gasteiger partial charge on any atom is -0.437 e. The van der Waals surface area contributed by atoms with Crippen molar-refractivity contribution < 1.29 is 18.7 Å². The van der Waals surface area contributed by atoms with Crippen LogP contribution in [0, 0.1) is 5.82 Å². The van der Waals surface area contributed by atoms with Gasteiger partial charge >= 0.3 is 0 Å². The van der Waals surface area contributed by atoms with Crippen LogP contribution in [0.1, 0.15) is 48.7 Å². The molecule has 1 aliphatic heterocycles. The highest BCUT2D eigenvalue weighted by Gasteiger charge is 2.37. The summed E-state index contributed by atoms with van der Waals surface area (Å²) < 4.78 is 19.5. The Hall–Kier alpha value is -3.81. The molecule has 8 heteroatoms. The smallest absolute Gasteiger partial charge is 0.252 e.